The lowest BCUT2D eigenvalue weighted by Gasteiger charge is -2.28. The van der Waals surface area contributed by atoms with Crippen molar-refractivity contribution in [1.29, 1.82) is 0 Å². The minimum Gasteiger partial charge on any atom is -0.452 e. The number of hydrogen-bond acceptors (Lipinski definition) is 3. The number of rotatable bonds is 5. The summed E-state index contributed by atoms with van der Waals surface area (Å²) in [5, 5.41) is 5.67. The van der Waals surface area contributed by atoms with Gasteiger partial charge in [-0.05, 0) is 63.9 Å². The third-order valence-electron chi connectivity index (χ3n) is 8.91. The Labute approximate surface area is 266 Å². The Bertz CT molecular complexity index is 2530. The molecule has 0 bridgehead atoms. The molecule has 0 atom stereocenters. The van der Waals surface area contributed by atoms with Crippen LogP contribution in [0.1, 0.15) is 0 Å². The quantitative estimate of drug-likeness (QED) is 0.200. The van der Waals surface area contributed by atoms with Crippen molar-refractivity contribution >= 4 is 60.7 Å². The number of nitrogens with zero attached hydrogens (tertiary/aromatic N) is 2. The summed E-state index contributed by atoms with van der Waals surface area (Å²) in [5.74, 6) is 0. The monoisotopic (exact) mass is 588 g/mol. The maximum absolute atomic E-state index is 6.80. The van der Waals surface area contributed by atoms with E-state index in [1.165, 1.54) is 21.9 Å². The van der Waals surface area contributed by atoms with Crippen LogP contribution < -0.4 is 4.90 Å². The van der Waals surface area contributed by atoms with Crippen molar-refractivity contribution < 1.29 is 4.42 Å². The number of hydrogen-bond donors (Lipinski definition) is 0. The van der Waals surface area contributed by atoms with Crippen LogP contribution >= 0.6 is 0 Å². The Morgan fingerprint density at radius 2 is 1.07 bits per heavy atom. The summed E-state index contributed by atoms with van der Waals surface area (Å²) in [6.45, 7) is 0. The molecule has 0 amide bonds. The number of pyridine rings is 1. The van der Waals surface area contributed by atoms with Crippen LogP contribution in [0.15, 0.2) is 174 Å². The number of aromatic nitrogens is 1. The van der Waals surface area contributed by atoms with Gasteiger partial charge in [-0.1, -0.05) is 127 Å². The molecule has 0 saturated heterocycles. The second-order valence-electron chi connectivity index (χ2n) is 11.6. The molecule has 0 aliphatic carbocycles. The van der Waals surface area contributed by atoms with E-state index in [9.17, 15) is 0 Å². The van der Waals surface area contributed by atoms with Crippen LogP contribution in [0.25, 0.3) is 65.9 Å². The molecule has 0 spiro atoms. The van der Waals surface area contributed by atoms with E-state index in [1.807, 2.05) is 12.3 Å². The molecule has 0 unspecified atom stereocenters. The molecular formula is C43H28N2O. The first-order valence-electron chi connectivity index (χ1n) is 15.6. The number of anilines is 3. The average Bonchev–Trinajstić information content (AvgIpc) is 3.53. The lowest BCUT2D eigenvalue weighted by atomic mass is 9.97. The molecule has 9 rings (SSSR count). The fourth-order valence-corrected chi connectivity index (χ4v) is 6.76. The maximum Gasteiger partial charge on any atom is 0.161 e. The van der Waals surface area contributed by atoms with E-state index in [-0.39, 0.29) is 0 Å². The number of fused-ring (bicyclic) bond motifs is 6. The second kappa shape index (κ2) is 10.8. The van der Waals surface area contributed by atoms with E-state index in [0.717, 1.165) is 61.0 Å². The van der Waals surface area contributed by atoms with Gasteiger partial charge >= 0.3 is 0 Å². The minimum atomic E-state index is 0.808. The molecule has 0 aliphatic heterocycles. The van der Waals surface area contributed by atoms with Crippen molar-refractivity contribution in [2.75, 3.05) is 4.90 Å². The number of para-hydroxylation sites is 2. The fourth-order valence-electron chi connectivity index (χ4n) is 6.76. The Balaban J connectivity index is 1.28. The van der Waals surface area contributed by atoms with Crippen molar-refractivity contribution in [3.05, 3.63) is 170 Å². The van der Waals surface area contributed by atoms with Crippen LogP contribution in [0.4, 0.5) is 17.1 Å². The van der Waals surface area contributed by atoms with Crippen molar-refractivity contribution in [2.45, 2.75) is 0 Å². The normalized spacial score (nSPS) is 11.5. The summed E-state index contributed by atoms with van der Waals surface area (Å²) in [6, 6.07) is 57.9. The second-order valence-corrected chi connectivity index (χ2v) is 11.6. The summed E-state index contributed by atoms with van der Waals surface area (Å²) in [4.78, 5) is 7.03. The van der Waals surface area contributed by atoms with Gasteiger partial charge in [-0.2, -0.15) is 0 Å². The first-order chi connectivity index (χ1) is 22.8. The van der Waals surface area contributed by atoms with Gasteiger partial charge < -0.3 is 9.32 Å². The molecule has 3 heteroatoms. The van der Waals surface area contributed by atoms with Crippen molar-refractivity contribution in [2.24, 2.45) is 0 Å². The lowest BCUT2D eigenvalue weighted by molar-refractivity contribution is 0.672. The van der Waals surface area contributed by atoms with Gasteiger partial charge in [0.15, 0.2) is 11.2 Å². The fraction of sp³-hybridized carbons (Fsp3) is 0. The SMILES string of the molecule is c1ccc(-c2ccccc2N(c2ccc(-c3cccc4ccccc34)cc2)c2cccc3c2oc2c3ccc3cccnc32)cc1. The summed E-state index contributed by atoms with van der Waals surface area (Å²) in [7, 11) is 0. The van der Waals surface area contributed by atoms with Crippen LogP contribution in [0.5, 0.6) is 0 Å². The Kier molecular flexibility index (Phi) is 6.14. The van der Waals surface area contributed by atoms with E-state index in [4.69, 9.17) is 9.40 Å². The lowest BCUT2D eigenvalue weighted by Crippen LogP contribution is -2.11. The third-order valence-corrected chi connectivity index (χ3v) is 8.91. The molecule has 2 aromatic heterocycles. The first kappa shape index (κ1) is 26.2. The first-order valence-corrected chi connectivity index (χ1v) is 15.6. The van der Waals surface area contributed by atoms with Gasteiger partial charge in [0.2, 0.25) is 0 Å². The smallest absolute Gasteiger partial charge is 0.161 e. The molecular weight excluding hydrogens is 560 g/mol. The van der Waals surface area contributed by atoms with Crippen LogP contribution in [0, 0.1) is 0 Å². The highest BCUT2D eigenvalue weighted by Gasteiger charge is 2.22. The molecule has 3 nitrogen and oxygen atoms in total. The van der Waals surface area contributed by atoms with E-state index < -0.39 is 0 Å². The Morgan fingerprint density at radius 3 is 1.98 bits per heavy atom. The van der Waals surface area contributed by atoms with E-state index >= 15 is 0 Å². The third kappa shape index (κ3) is 4.25. The topological polar surface area (TPSA) is 29.3 Å². The summed E-state index contributed by atoms with van der Waals surface area (Å²) < 4.78 is 6.80. The highest BCUT2D eigenvalue weighted by Crippen LogP contribution is 2.46. The highest BCUT2D eigenvalue weighted by molar-refractivity contribution is 6.16. The number of benzene rings is 7. The average molecular weight is 589 g/mol. The molecule has 9 aromatic rings. The zero-order chi connectivity index (χ0) is 30.5. The van der Waals surface area contributed by atoms with Crippen molar-refractivity contribution in [1.82, 2.24) is 4.98 Å². The maximum atomic E-state index is 6.80. The molecule has 0 N–H and O–H groups in total. The standard InChI is InChI=1S/C43H28N2O/c1-2-11-30(12-3-1)36-17-6-7-20-39(36)45(33-25-22-31(23-26-33)35-18-8-14-29-13-4-5-16-34(29)35)40-21-9-19-37-38-27-24-32-15-10-28-44-41(32)43(38)46-42(37)40/h1-28H. The van der Waals surface area contributed by atoms with Gasteiger partial charge in [-0.15, -0.1) is 0 Å². The van der Waals surface area contributed by atoms with Gasteiger partial charge in [0.05, 0.1) is 11.4 Å². The van der Waals surface area contributed by atoms with Gasteiger partial charge in [-0.25, -0.2) is 0 Å². The number of furan rings is 1. The summed E-state index contributed by atoms with van der Waals surface area (Å²) >= 11 is 0. The van der Waals surface area contributed by atoms with Crippen LogP contribution in [-0.2, 0) is 0 Å². The summed E-state index contributed by atoms with van der Waals surface area (Å²) in [5.41, 5.74) is 10.3. The molecule has 0 aliphatic rings. The zero-order valence-corrected chi connectivity index (χ0v) is 25.0. The zero-order valence-electron chi connectivity index (χ0n) is 25.0. The van der Waals surface area contributed by atoms with Crippen molar-refractivity contribution in [3.8, 4) is 22.3 Å². The highest BCUT2D eigenvalue weighted by atomic mass is 16.3. The predicted molar refractivity (Wildman–Crippen MR) is 192 cm³/mol. The molecule has 216 valence electrons. The minimum absolute atomic E-state index is 0.808. The van der Waals surface area contributed by atoms with Gasteiger partial charge in [0, 0.05) is 33.6 Å². The van der Waals surface area contributed by atoms with Crippen LogP contribution in [0.2, 0.25) is 0 Å². The van der Waals surface area contributed by atoms with Crippen LogP contribution in [-0.4, -0.2) is 4.98 Å². The Morgan fingerprint density at radius 1 is 0.413 bits per heavy atom. The van der Waals surface area contributed by atoms with E-state index in [1.54, 1.807) is 0 Å². The van der Waals surface area contributed by atoms with E-state index in [0.29, 0.717) is 0 Å². The predicted octanol–water partition coefficient (Wildman–Crippen LogP) is 12.1. The molecule has 7 aromatic carbocycles. The van der Waals surface area contributed by atoms with Crippen LogP contribution in [0.3, 0.4) is 0 Å². The summed E-state index contributed by atoms with van der Waals surface area (Å²) in [6.07, 6.45) is 1.83. The van der Waals surface area contributed by atoms with E-state index in [2.05, 4.69) is 163 Å². The van der Waals surface area contributed by atoms with Gasteiger partial charge in [0.25, 0.3) is 0 Å². The molecule has 0 saturated carbocycles. The largest absolute Gasteiger partial charge is 0.452 e. The molecule has 0 fully saturated rings. The van der Waals surface area contributed by atoms with Gasteiger partial charge in [-0.3, -0.25) is 4.98 Å². The van der Waals surface area contributed by atoms with Crippen molar-refractivity contribution in [3.63, 3.8) is 0 Å². The molecule has 46 heavy (non-hydrogen) atoms. The Hall–Kier alpha value is -6.19. The van der Waals surface area contributed by atoms with Gasteiger partial charge in [0.1, 0.15) is 5.52 Å². The molecule has 2 heterocycles. The molecule has 0 radical (unpaired) electrons.